The number of rotatable bonds is 4. The topological polar surface area (TPSA) is 54.5 Å². The van der Waals surface area contributed by atoms with Gasteiger partial charge in [-0.25, -0.2) is 8.42 Å². The first-order valence-corrected chi connectivity index (χ1v) is 8.35. The van der Waals surface area contributed by atoms with Crippen molar-refractivity contribution < 1.29 is 13.2 Å². The lowest BCUT2D eigenvalue weighted by molar-refractivity contribution is 0.0716. The van der Waals surface area contributed by atoms with Crippen molar-refractivity contribution in [3.8, 4) is 0 Å². The zero-order valence-electron chi connectivity index (χ0n) is 11.5. The first-order valence-electron chi connectivity index (χ1n) is 6.04. The van der Waals surface area contributed by atoms with Crippen LogP contribution in [0.25, 0.3) is 0 Å². The monoisotopic (exact) mass is 303 g/mol. The van der Waals surface area contributed by atoms with Crippen molar-refractivity contribution >= 4 is 25.6 Å². The van der Waals surface area contributed by atoms with E-state index in [0.717, 1.165) is 0 Å². The molecule has 0 spiro atoms. The van der Waals surface area contributed by atoms with Gasteiger partial charge >= 0.3 is 0 Å². The molecule has 106 valence electrons. The molecule has 4 nitrogen and oxygen atoms in total. The Morgan fingerprint density at radius 1 is 1.37 bits per heavy atom. The number of carbonyl (C=O) groups is 1. The fraction of sp³-hybridized carbons (Fsp3) is 0.462. The third kappa shape index (κ3) is 3.70. The minimum Gasteiger partial charge on any atom is -0.337 e. The summed E-state index contributed by atoms with van der Waals surface area (Å²) in [5.41, 5.74) is 0.861. The van der Waals surface area contributed by atoms with Crippen LogP contribution in [0, 0.1) is 6.92 Å². The number of benzene rings is 1. The maximum Gasteiger partial charge on any atom is 0.261 e. The molecular weight excluding hydrogens is 286 g/mol. The second-order valence-corrected chi connectivity index (χ2v) is 7.14. The molecule has 0 aromatic heterocycles. The molecule has 1 aromatic carbocycles. The molecule has 0 unspecified atom stereocenters. The van der Waals surface area contributed by atoms with Crippen LogP contribution in [0.15, 0.2) is 23.1 Å². The highest BCUT2D eigenvalue weighted by Gasteiger charge is 2.20. The Balaban J connectivity index is 3.27. The standard InChI is InChI=1S/C13H18ClNO3S/c1-5-15(9(2)3)13(16)11-7-6-10(4)12(8-11)19(14,17)18/h6-9H,5H2,1-4H3. The van der Waals surface area contributed by atoms with Gasteiger partial charge in [0.1, 0.15) is 0 Å². The minimum atomic E-state index is -3.84. The zero-order valence-corrected chi connectivity index (χ0v) is 13.0. The SMILES string of the molecule is CCN(C(=O)c1ccc(C)c(S(=O)(=O)Cl)c1)C(C)C. The maximum absolute atomic E-state index is 12.3. The molecule has 0 N–H and O–H groups in total. The van der Waals surface area contributed by atoms with Crippen LogP contribution in [0.4, 0.5) is 0 Å². The van der Waals surface area contributed by atoms with Crippen LogP contribution in [0.1, 0.15) is 36.7 Å². The van der Waals surface area contributed by atoms with Crippen LogP contribution in [0.2, 0.25) is 0 Å². The molecule has 1 aromatic rings. The summed E-state index contributed by atoms with van der Waals surface area (Å²) < 4.78 is 22.9. The lowest BCUT2D eigenvalue weighted by Gasteiger charge is -2.25. The lowest BCUT2D eigenvalue weighted by atomic mass is 10.1. The van der Waals surface area contributed by atoms with Gasteiger partial charge in [-0.15, -0.1) is 0 Å². The fourth-order valence-corrected chi connectivity index (χ4v) is 3.12. The first-order chi connectivity index (χ1) is 8.68. The highest BCUT2D eigenvalue weighted by molar-refractivity contribution is 8.13. The van der Waals surface area contributed by atoms with Gasteiger partial charge in [0.15, 0.2) is 0 Å². The van der Waals surface area contributed by atoms with Crippen molar-refractivity contribution in [2.45, 2.75) is 38.6 Å². The van der Waals surface area contributed by atoms with Crippen LogP contribution in [-0.2, 0) is 9.05 Å². The average Bonchev–Trinajstić information content (AvgIpc) is 2.28. The molecule has 19 heavy (non-hydrogen) atoms. The molecule has 0 saturated carbocycles. The number of aryl methyl sites for hydroxylation is 1. The van der Waals surface area contributed by atoms with E-state index in [0.29, 0.717) is 17.7 Å². The molecule has 6 heteroatoms. The van der Waals surface area contributed by atoms with Crippen LogP contribution < -0.4 is 0 Å². The number of nitrogens with zero attached hydrogens (tertiary/aromatic N) is 1. The van der Waals surface area contributed by atoms with Crippen LogP contribution in [0.5, 0.6) is 0 Å². The molecular formula is C13H18ClNO3S. The van der Waals surface area contributed by atoms with Gasteiger partial charge in [-0.3, -0.25) is 4.79 Å². The Morgan fingerprint density at radius 3 is 2.37 bits per heavy atom. The second-order valence-electron chi connectivity index (χ2n) is 4.60. The molecule has 0 bridgehead atoms. The highest BCUT2D eigenvalue weighted by atomic mass is 35.7. The summed E-state index contributed by atoms with van der Waals surface area (Å²) in [5.74, 6) is -0.195. The normalized spacial score (nSPS) is 11.7. The van der Waals surface area contributed by atoms with Gasteiger partial charge in [0.05, 0.1) is 4.90 Å². The van der Waals surface area contributed by atoms with E-state index in [1.54, 1.807) is 24.0 Å². The van der Waals surface area contributed by atoms with Gasteiger partial charge < -0.3 is 4.90 Å². The van der Waals surface area contributed by atoms with E-state index in [-0.39, 0.29) is 16.8 Å². The van der Waals surface area contributed by atoms with Gasteiger partial charge in [-0.05, 0) is 45.4 Å². The van der Waals surface area contributed by atoms with Gasteiger partial charge in [-0.2, -0.15) is 0 Å². The Labute approximate surface area is 118 Å². The fourth-order valence-electron chi connectivity index (χ4n) is 1.90. The quantitative estimate of drug-likeness (QED) is 0.804. The van der Waals surface area contributed by atoms with Gasteiger partial charge in [0, 0.05) is 28.8 Å². The molecule has 0 radical (unpaired) electrons. The maximum atomic E-state index is 12.3. The number of hydrogen-bond donors (Lipinski definition) is 0. The van der Waals surface area contributed by atoms with E-state index >= 15 is 0 Å². The highest BCUT2D eigenvalue weighted by Crippen LogP contribution is 2.22. The summed E-state index contributed by atoms with van der Waals surface area (Å²) in [6, 6.07) is 4.60. The summed E-state index contributed by atoms with van der Waals surface area (Å²) in [5, 5.41) is 0. The predicted molar refractivity (Wildman–Crippen MR) is 76.1 cm³/mol. The van der Waals surface area contributed by atoms with Crippen LogP contribution in [-0.4, -0.2) is 31.8 Å². The van der Waals surface area contributed by atoms with E-state index in [1.165, 1.54) is 6.07 Å². The summed E-state index contributed by atoms with van der Waals surface area (Å²) in [7, 11) is 1.52. The third-order valence-electron chi connectivity index (χ3n) is 2.92. The second kappa shape index (κ2) is 5.92. The molecule has 1 rings (SSSR count). The van der Waals surface area contributed by atoms with Gasteiger partial charge in [0.25, 0.3) is 15.0 Å². The Hall–Kier alpha value is -1.07. The van der Waals surface area contributed by atoms with E-state index in [2.05, 4.69) is 0 Å². The van der Waals surface area contributed by atoms with E-state index in [4.69, 9.17) is 10.7 Å². The third-order valence-corrected chi connectivity index (χ3v) is 4.39. The van der Waals surface area contributed by atoms with Crippen molar-refractivity contribution in [1.82, 2.24) is 4.90 Å². The first kappa shape index (κ1) is 16.0. The summed E-state index contributed by atoms with van der Waals surface area (Å²) in [6.45, 7) is 7.91. The number of amides is 1. The summed E-state index contributed by atoms with van der Waals surface area (Å²) in [4.78, 5) is 13.9. The lowest BCUT2D eigenvalue weighted by Crippen LogP contribution is -2.36. The summed E-state index contributed by atoms with van der Waals surface area (Å²) >= 11 is 0. The molecule has 0 aliphatic carbocycles. The molecule has 0 fully saturated rings. The Morgan fingerprint density at radius 2 is 1.95 bits per heavy atom. The molecule has 0 heterocycles. The minimum absolute atomic E-state index is 0.0141. The van der Waals surface area contributed by atoms with Gasteiger partial charge in [0.2, 0.25) is 0 Å². The van der Waals surface area contributed by atoms with Crippen molar-refractivity contribution in [2.24, 2.45) is 0 Å². The van der Waals surface area contributed by atoms with E-state index in [1.807, 2.05) is 20.8 Å². The Kier molecular flexibility index (Phi) is 4.98. The molecule has 0 aliphatic heterocycles. The molecule has 1 amide bonds. The van der Waals surface area contributed by atoms with Crippen LogP contribution in [0.3, 0.4) is 0 Å². The number of hydrogen-bond acceptors (Lipinski definition) is 3. The number of carbonyl (C=O) groups excluding carboxylic acids is 1. The smallest absolute Gasteiger partial charge is 0.261 e. The average molecular weight is 304 g/mol. The van der Waals surface area contributed by atoms with Crippen molar-refractivity contribution in [3.63, 3.8) is 0 Å². The van der Waals surface area contributed by atoms with Gasteiger partial charge in [-0.1, -0.05) is 6.07 Å². The van der Waals surface area contributed by atoms with E-state index < -0.39 is 9.05 Å². The molecule has 0 saturated heterocycles. The number of halogens is 1. The Bertz CT molecular complexity index is 582. The van der Waals surface area contributed by atoms with Crippen molar-refractivity contribution in [3.05, 3.63) is 29.3 Å². The van der Waals surface area contributed by atoms with Crippen molar-refractivity contribution in [1.29, 1.82) is 0 Å². The largest absolute Gasteiger partial charge is 0.337 e. The van der Waals surface area contributed by atoms with Crippen molar-refractivity contribution in [2.75, 3.05) is 6.54 Å². The summed E-state index contributed by atoms with van der Waals surface area (Å²) in [6.07, 6.45) is 0. The van der Waals surface area contributed by atoms with Crippen LogP contribution >= 0.6 is 10.7 Å². The van der Waals surface area contributed by atoms with E-state index in [9.17, 15) is 13.2 Å². The zero-order chi connectivity index (χ0) is 14.8. The molecule has 0 atom stereocenters. The predicted octanol–water partition coefficient (Wildman–Crippen LogP) is 2.79. The molecule has 0 aliphatic rings.